The predicted octanol–water partition coefficient (Wildman–Crippen LogP) is 7.05. The number of ether oxygens (including phenoxy) is 1. The van der Waals surface area contributed by atoms with E-state index in [1.165, 1.54) is 11.1 Å². The number of rotatable bonds is 8. The van der Waals surface area contributed by atoms with Gasteiger partial charge in [0.1, 0.15) is 12.4 Å². The number of carbonyl (C=O) groups is 1. The molecule has 0 radical (unpaired) electrons. The normalized spacial score (nSPS) is 11.9. The van der Waals surface area contributed by atoms with Gasteiger partial charge in [0.2, 0.25) is 0 Å². The molecular formula is C27H30ClNO2. The van der Waals surface area contributed by atoms with E-state index in [4.69, 9.17) is 16.3 Å². The summed E-state index contributed by atoms with van der Waals surface area (Å²) in [7, 11) is 0. The van der Waals surface area contributed by atoms with Crippen molar-refractivity contribution in [3.8, 4) is 5.75 Å². The molecule has 0 bridgehead atoms. The zero-order valence-electron chi connectivity index (χ0n) is 18.6. The summed E-state index contributed by atoms with van der Waals surface area (Å²) in [6.45, 7) is 8.90. The van der Waals surface area contributed by atoms with Crippen LogP contribution in [-0.2, 0) is 6.61 Å². The van der Waals surface area contributed by atoms with E-state index in [2.05, 4.69) is 51.2 Å². The van der Waals surface area contributed by atoms with Crippen LogP contribution in [0.1, 0.15) is 58.9 Å². The molecule has 4 heteroatoms. The summed E-state index contributed by atoms with van der Waals surface area (Å²) in [5.41, 5.74) is 5.13. The molecule has 1 N–H and O–H groups in total. The van der Waals surface area contributed by atoms with Gasteiger partial charge in [-0.25, -0.2) is 0 Å². The molecule has 0 saturated carbocycles. The summed E-state index contributed by atoms with van der Waals surface area (Å²) in [6.07, 6.45) is 0.881. The van der Waals surface area contributed by atoms with Gasteiger partial charge in [0.25, 0.3) is 5.91 Å². The highest BCUT2D eigenvalue weighted by atomic mass is 35.5. The maximum absolute atomic E-state index is 13.1. The van der Waals surface area contributed by atoms with Gasteiger partial charge in [-0.1, -0.05) is 73.0 Å². The molecule has 31 heavy (non-hydrogen) atoms. The lowest BCUT2D eigenvalue weighted by Gasteiger charge is -2.22. The molecule has 0 aliphatic heterocycles. The molecule has 0 fully saturated rings. The topological polar surface area (TPSA) is 38.3 Å². The Morgan fingerprint density at radius 3 is 2.35 bits per heavy atom. The van der Waals surface area contributed by atoms with Gasteiger partial charge in [0.05, 0.1) is 6.04 Å². The number of halogens is 1. The monoisotopic (exact) mass is 435 g/mol. The first-order valence-electron chi connectivity index (χ1n) is 10.7. The van der Waals surface area contributed by atoms with E-state index in [-0.39, 0.29) is 11.9 Å². The van der Waals surface area contributed by atoms with Crippen molar-refractivity contribution in [2.75, 3.05) is 0 Å². The number of nitrogens with one attached hydrogen (secondary N) is 1. The van der Waals surface area contributed by atoms with Crippen LogP contribution in [-0.4, -0.2) is 5.91 Å². The molecule has 1 unspecified atom stereocenters. The molecule has 0 saturated heterocycles. The Morgan fingerprint density at radius 1 is 0.968 bits per heavy atom. The highest BCUT2D eigenvalue weighted by Gasteiger charge is 2.18. The minimum absolute atomic E-state index is 0.0301. The average molecular weight is 436 g/mol. The average Bonchev–Trinajstić information content (AvgIpc) is 2.71. The summed E-state index contributed by atoms with van der Waals surface area (Å²) in [5, 5.41) is 3.88. The van der Waals surface area contributed by atoms with Crippen molar-refractivity contribution in [2.45, 2.75) is 46.8 Å². The Morgan fingerprint density at radius 2 is 1.68 bits per heavy atom. The number of carbonyl (C=O) groups excluding carboxylic acids is 1. The molecule has 0 heterocycles. The number of hydrogen-bond donors (Lipinski definition) is 1. The van der Waals surface area contributed by atoms with Crippen LogP contribution < -0.4 is 10.1 Å². The quantitative estimate of drug-likeness (QED) is 0.411. The van der Waals surface area contributed by atoms with Gasteiger partial charge in [0, 0.05) is 10.6 Å². The van der Waals surface area contributed by atoms with Gasteiger partial charge < -0.3 is 10.1 Å². The molecule has 0 spiro atoms. The third-order valence-electron chi connectivity index (χ3n) is 5.05. The lowest BCUT2D eigenvalue weighted by atomic mass is 9.94. The van der Waals surface area contributed by atoms with Crippen LogP contribution in [0.15, 0.2) is 66.7 Å². The molecule has 0 aromatic heterocycles. The fourth-order valence-electron chi connectivity index (χ4n) is 3.73. The molecule has 3 rings (SSSR count). The summed E-state index contributed by atoms with van der Waals surface area (Å²) in [5.74, 6) is 1.09. The third-order valence-corrected chi connectivity index (χ3v) is 5.28. The van der Waals surface area contributed by atoms with Gasteiger partial charge in [0.15, 0.2) is 0 Å². The summed E-state index contributed by atoms with van der Waals surface area (Å²) >= 11 is 6.01. The molecule has 3 aromatic rings. The highest BCUT2D eigenvalue weighted by Crippen LogP contribution is 2.24. The Labute approximate surface area is 190 Å². The van der Waals surface area contributed by atoms with Crippen molar-refractivity contribution in [1.82, 2.24) is 5.32 Å². The lowest BCUT2D eigenvalue weighted by Crippen LogP contribution is -2.29. The zero-order valence-corrected chi connectivity index (χ0v) is 19.4. The van der Waals surface area contributed by atoms with Crippen molar-refractivity contribution in [2.24, 2.45) is 5.92 Å². The number of aryl methyl sites for hydroxylation is 2. The first-order valence-corrected chi connectivity index (χ1v) is 11.0. The molecule has 162 valence electrons. The Kier molecular flexibility index (Phi) is 7.75. The van der Waals surface area contributed by atoms with Gasteiger partial charge in [-0.3, -0.25) is 4.79 Å². The molecule has 0 aliphatic carbocycles. The zero-order chi connectivity index (χ0) is 22.4. The standard InChI is InChI=1S/C27H30ClNO2/c1-18(2)11-26(23-13-19(3)12-20(4)14-23)29-27(30)22-8-5-7-21(15-22)17-31-25-10-6-9-24(28)16-25/h5-10,12-16,18,26H,11,17H2,1-4H3,(H,29,30). The van der Waals surface area contributed by atoms with E-state index < -0.39 is 0 Å². The minimum Gasteiger partial charge on any atom is -0.489 e. The fraction of sp³-hybridized carbons (Fsp3) is 0.296. The number of benzene rings is 3. The van der Waals surface area contributed by atoms with Gasteiger partial charge >= 0.3 is 0 Å². The van der Waals surface area contributed by atoms with E-state index in [0.717, 1.165) is 17.5 Å². The second-order valence-corrected chi connectivity index (χ2v) is 8.96. The summed E-state index contributed by atoms with van der Waals surface area (Å²) in [6, 6.07) is 21.3. The van der Waals surface area contributed by atoms with E-state index in [0.29, 0.717) is 28.9 Å². The van der Waals surface area contributed by atoms with Crippen molar-refractivity contribution >= 4 is 17.5 Å². The van der Waals surface area contributed by atoms with Crippen LogP contribution in [0.3, 0.4) is 0 Å². The summed E-state index contributed by atoms with van der Waals surface area (Å²) < 4.78 is 5.82. The molecular weight excluding hydrogens is 406 g/mol. The first kappa shape index (κ1) is 22.9. The predicted molar refractivity (Wildman–Crippen MR) is 128 cm³/mol. The maximum Gasteiger partial charge on any atom is 0.251 e. The van der Waals surface area contributed by atoms with Gasteiger partial charge in [-0.05, 0) is 67.6 Å². The Balaban J connectivity index is 1.73. The van der Waals surface area contributed by atoms with Crippen molar-refractivity contribution < 1.29 is 9.53 Å². The first-order chi connectivity index (χ1) is 14.8. The van der Waals surface area contributed by atoms with Gasteiger partial charge in [-0.15, -0.1) is 0 Å². The van der Waals surface area contributed by atoms with Crippen LogP contribution in [0.2, 0.25) is 5.02 Å². The molecule has 1 atom stereocenters. The van der Waals surface area contributed by atoms with E-state index in [1.807, 2.05) is 42.5 Å². The molecule has 3 nitrogen and oxygen atoms in total. The smallest absolute Gasteiger partial charge is 0.251 e. The number of amides is 1. The van der Waals surface area contributed by atoms with Crippen molar-refractivity contribution in [1.29, 1.82) is 0 Å². The molecule has 1 amide bonds. The molecule has 3 aromatic carbocycles. The SMILES string of the molecule is Cc1cc(C)cc(C(CC(C)C)NC(=O)c2cccc(COc3cccc(Cl)c3)c2)c1. The van der Waals surface area contributed by atoms with E-state index in [1.54, 1.807) is 6.07 Å². The van der Waals surface area contributed by atoms with Crippen LogP contribution in [0.5, 0.6) is 5.75 Å². The minimum atomic E-state index is -0.0746. The van der Waals surface area contributed by atoms with E-state index in [9.17, 15) is 4.79 Å². The summed E-state index contributed by atoms with van der Waals surface area (Å²) in [4.78, 5) is 13.1. The highest BCUT2D eigenvalue weighted by molar-refractivity contribution is 6.30. The maximum atomic E-state index is 13.1. The van der Waals surface area contributed by atoms with Gasteiger partial charge in [-0.2, -0.15) is 0 Å². The van der Waals surface area contributed by atoms with Crippen molar-refractivity contribution in [3.05, 3.63) is 99.6 Å². The van der Waals surface area contributed by atoms with E-state index >= 15 is 0 Å². The second kappa shape index (κ2) is 10.5. The van der Waals surface area contributed by atoms with Crippen LogP contribution in [0.4, 0.5) is 0 Å². The molecule has 0 aliphatic rings. The van der Waals surface area contributed by atoms with Crippen LogP contribution in [0, 0.1) is 19.8 Å². The van der Waals surface area contributed by atoms with Crippen LogP contribution >= 0.6 is 11.6 Å². The van der Waals surface area contributed by atoms with Crippen LogP contribution in [0.25, 0.3) is 0 Å². The third kappa shape index (κ3) is 6.86. The lowest BCUT2D eigenvalue weighted by molar-refractivity contribution is 0.0931. The number of hydrogen-bond acceptors (Lipinski definition) is 2. The Hall–Kier alpha value is -2.78. The Bertz CT molecular complexity index is 1020. The van der Waals surface area contributed by atoms with Crippen molar-refractivity contribution in [3.63, 3.8) is 0 Å². The largest absolute Gasteiger partial charge is 0.489 e. The fourth-order valence-corrected chi connectivity index (χ4v) is 3.91. The second-order valence-electron chi connectivity index (χ2n) is 8.52.